The fourth-order valence-electron chi connectivity index (χ4n) is 2.68. The summed E-state index contributed by atoms with van der Waals surface area (Å²) in [6.45, 7) is 3.07. The monoisotopic (exact) mass is 276 g/mol. The van der Waals surface area contributed by atoms with Gasteiger partial charge in [0.15, 0.2) is 5.11 Å². The van der Waals surface area contributed by atoms with E-state index >= 15 is 0 Å². The van der Waals surface area contributed by atoms with Crippen LogP contribution in [0, 0.1) is 6.92 Å². The van der Waals surface area contributed by atoms with Crippen LogP contribution in [0.4, 0.5) is 0 Å². The molecule has 0 spiro atoms. The molecule has 0 unspecified atom stereocenters. The van der Waals surface area contributed by atoms with Crippen LogP contribution in [-0.2, 0) is 6.42 Å². The number of aryl methyl sites for hydroxylation is 1. The van der Waals surface area contributed by atoms with Crippen molar-refractivity contribution in [1.29, 1.82) is 0 Å². The lowest BCUT2D eigenvalue weighted by atomic mass is 9.96. The molecule has 0 heterocycles. The van der Waals surface area contributed by atoms with Crippen LogP contribution in [0.3, 0.4) is 0 Å². The fourth-order valence-corrected chi connectivity index (χ4v) is 2.95. The lowest BCUT2D eigenvalue weighted by Crippen LogP contribution is -2.43. The SMILES string of the molecule is Cc1ccccc1CCNC(=S)NC1CCCCC1. The van der Waals surface area contributed by atoms with Gasteiger partial charge in [0.2, 0.25) is 0 Å². The van der Waals surface area contributed by atoms with Crippen LogP contribution in [0.5, 0.6) is 0 Å². The van der Waals surface area contributed by atoms with E-state index in [0.717, 1.165) is 18.1 Å². The summed E-state index contributed by atoms with van der Waals surface area (Å²) in [6.07, 6.45) is 7.61. The van der Waals surface area contributed by atoms with E-state index in [1.807, 2.05) is 0 Å². The van der Waals surface area contributed by atoms with Crippen molar-refractivity contribution < 1.29 is 0 Å². The van der Waals surface area contributed by atoms with Gasteiger partial charge < -0.3 is 10.6 Å². The van der Waals surface area contributed by atoms with E-state index in [4.69, 9.17) is 12.2 Å². The minimum absolute atomic E-state index is 0.590. The molecule has 1 aromatic carbocycles. The number of nitrogens with one attached hydrogen (secondary N) is 2. The Bertz CT molecular complexity index is 411. The summed E-state index contributed by atoms with van der Waals surface area (Å²) in [7, 11) is 0. The first-order chi connectivity index (χ1) is 9.25. The highest BCUT2D eigenvalue weighted by molar-refractivity contribution is 7.80. The average molecular weight is 276 g/mol. The zero-order chi connectivity index (χ0) is 13.5. The number of hydrogen-bond donors (Lipinski definition) is 2. The van der Waals surface area contributed by atoms with Crippen LogP contribution in [0.1, 0.15) is 43.2 Å². The molecule has 0 saturated heterocycles. The van der Waals surface area contributed by atoms with Gasteiger partial charge in [-0.15, -0.1) is 0 Å². The van der Waals surface area contributed by atoms with Gasteiger partial charge in [-0.25, -0.2) is 0 Å². The van der Waals surface area contributed by atoms with Gasteiger partial charge in [-0.2, -0.15) is 0 Å². The lowest BCUT2D eigenvalue weighted by Gasteiger charge is -2.24. The Morgan fingerprint density at radius 2 is 1.95 bits per heavy atom. The smallest absolute Gasteiger partial charge is 0.166 e. The van der Waals surface area contributed by atoms with Gasteiger partial charge in [-0.3, -0.25) is 0 Å². The minimum Gasteiger partial charge on any atom is -0.362 e. The Morgan fingerprint density at radius 1 is 1.21 bits per heavy atom. The predicted molar refractivity (Wildman–Crippen MR) is 85.5 cm³/mol. The highest BCUT2D eigenvalue weighted by Gasteiger charge is 2.13. The molecule has 0 atom stereocenters. The Hall–Kier alpha value is -1.09. The molecule has 1 aliphatic rings. The second kappa shape index (κ2) is 7.49. The molecule has 1 saturated carbocycles. The van der Waals surface area contributed by atoms with Crippen molar-refractivity contribution in [1.82, 2.24) is 10.6 Å². The molecule has 3 heteroatoms. The maximum Gasteiger partial charge on any atom is 0.166 e. The van der Waals surface area contributed by atoms with E-state index in [1.54, 1.807) is 0 Å². The summed E-state index contributed by atoms with van der Waals surface area (Å²) >= 11 is 5.36. The molecule has 1 fully saturated rings. The summed E-state index contributed by atoms with van der Waals surface area (Å²) < 4.78 is 0. The van der Waals surface area contributed by atoms with E-state index < -0.39 is 0 Å². The first kappa shape index (κ1) is 14.3. The zero-order valence-corrected chi connectivity index (χ0v) is 12.6. The molecule has 0 aromatic heterocycles. The van der Waals surface area contributed by atoms with Crippen LogP contribution in [0.25, 0.3) is 0 Å². The van der Waals surface area contributed by atoms with Crippen molar-refractivity contribution in [3.8, 4) is 0 Å². The van der Waals surface area contributed by atoms with Gasteiger partial charge in [0.25, 0.3) is 0 Å². The van der Waals surface area contributed by atoms with Crippen molar-refractivity contribution in [3.05, 3.63) is 35.4 Å². The molecular formula is C16H24N2S. The fraction of sp³-hybridized carbons (Fsp3) is 0.562. The molecule has 2 N–H and O–H groups in total. The predicted octanol–water partition coefficient (Wildman–Crippen LogP) is 3.33. The van der Waals surface area contributed by atoms with E-state index in [2.05, 4.69) is 41.8 Å². The van der Waals surface area contributed by atoms with Crippen LogP contribution >= 0.6 is 12.2 Å². The Kier molecular flexibility index (Phi) is 5.64. The van der Waals surface area contributed by atoms with Crippen LogP contribution < -0.4 is 10.6 Å². The molecule has 2 nitrogen and oxygen atoms in total. The number of thiocarbonyl (C=S) groups is 1. The standard InChI is InChI=1S/C16H24N2S/c1-13-7-5-6-8-14(13)11-12-17-16(19)18-15-9-3-2-4-10-15/h5-8,15H,2-4,9-12H2,1H3,(H2,17,18,19). The number of hydrogen-bond acceptors (Lipinski definition) is 1. The highest BCUT2D eigenvalue weighted by atomic mass is 32.1. The van der Waals surface area contributed by atoms with Crippen molar-refractivity contribution in [2.45, 2.75) is 51.5 Å². The highest BCUT2D eigenvalue weighted by Crippen LogP contribution is 2.17. The third-order valence-electron chi connectivity index (χ3n) is 3.88. The largest absolute Gasteiger partial charge is 0.362 e. The second-order valence-electron chi connectivity index (χ2n) is 5.41. The normalized spacial score (nSPS) is 16.1. The molecule has 104 valence electrons. The molecule has 19 heavy (non-hydrogen) atoms. The first-order valence-corrected chi connectivity index (χ1v) is 7.75. The van der Waals surface area contributed by atoms with E-state index in [0.29, 0.717) is 6.04 Å². The first-order valence-electron chi connectivity index (χ1n) is 7.34. The van der Waals surface area contributed by atoms with Crippen molar-refractivity contribution >= 4 is 17.3 Å². The van der Waals surface area contributed by atoms with Gasteiger partial charge >= 0.3 is 0 Å². The van der Waals surface area contributed by atoms with Crippen LogP contribution in [0.2, 0.25) is 0 Å². The van der Waals surface area contributed by atoms with Gasteiger partial charge in [-0.1, -0.05) is 43.5 Å². The van der Waals surface area contributed by atoms with Gasteiger partial charge in [0.1, 0.15) is 0 Å². The summed E-state index contributed by atoms with van der Waals surface area (Å²) in [6, 6.07) is 9.12. The Morgan fingerprint density at radius 3 is 2.68 bits per heavy atom. The molecular weight excluding hydrogens is 252 g/mol. The van der Waals surface area contributed by atoms with E-state index in [9.17, 15) is 0 Å². The minimum atomic E-state index is 0.590. The third kappa shape index (κ3) is 4.83. The molecule has 1 aromatic rings. The maximum atomic E-state index is 5.36. The van der Waals surface area contributed by atoms with Crippen molar-refractivity contribution in [2.24, 2.45) is 0 Å². The average Bonchev–Trinajstić information content (AvgIpc) is 2.42. The topological polar surface area (TPSA) is 24.1 Å². The van der Waals surface area contributed by atoms with E-state index in [1.165, 1.54) is 43.2 Å². The summed E-state index contributed by atoms with van der Waals surface area (Å²) in [4.78, 5) is 0. The number of rotatable bonds is 4. The van der Waals surface area contributed by atoms with Crippen molar-refractivity contribution in [3.63, 3.8) is 0 Å². The molecule has 1 aliphatic carbocycles. The van der Waals surface area contributed by atoms with Crippen LogP contribution in [-0.4, -0.2) is 17.7 Å². The van der Waals surface area contributed by atoms with Gasteiger partial charge in [0.05, 0.1) is 0 Å². The molecule has 2 rings (SSSR count). The third-order valence-corrected chi connectivity index (χ3v) is 4.14. The van der Waals surface area contributed by atoms with Gasteiger partial charge in [-0.05, 0) is 49.5 Å². The second-order valence-corrected chi connectivity index (χ2v) is 5.82. The Balaban J connectivity index is 1.67. The zero-order valence-electron chi connectivity index (χ0n) is 11.7. The number of benzene rings is 1. The maximum absolute atomic E-state index is 5.36. The molecule has 0 bridgehead atoms. The van der Waals surface area contributed by atoms with Crippen molar-refractivity contribution in [2.75, 3.05) is 6.54 Å². The lowest BCUT2D eigenvalue weighted by molar-refractivity contribution is 0.412. The van der Waals surface area contributed by atoms with E-state index in [-0.39, 0.29) is 0 Å². The quantitative estimate of drug-likeness (QED) is 0.825. The summed E-state index contributed by atoms with van der Waals surface area (Å²) in [5, 5.41) is 7.59. The Labute approximate surface area is 122 Å². The molecule has 0 amide bonds. The summed E-state index contributed by atoms with van der Waals surface area (Å²) in [5.74, 6) is 0. The van der Waals surface area contributed by atoms with Crippen LogP contribution in [0.15, 0.2) is 24.3 Å². The molecule has 0 aliphatic heterocycles. The van der Waals surface area contributed by atoms with Gasteiger partial charge in [0, 0.05) is 12.6 Å². The molecule has 0 radical (unpaired) electrons. The summed E-state index contributed by atoms with van der Waals surface area (Å²) in [5.41, 5.74) is 2.76.